The Morgan fingerprint density at radius 3 is 2.27 bits per heavy atom. The summed E-state index contributed by atoms with van der Waals surface area (Å²) in [5.74, 6) is -3.06. The number of hydrogen-bond donors (Lipinski definition) is 2. The van der Waals surface area contributed by atoms with Gasteiger partial charge in [-0.3, -0.25) is 9.59 Å². The first-order valence-electron chi connectivity index (χ1n) is 11.1. The molecule has 0 atom stereocenters. The van der Waals surface area contributed by atoms with Crippen molar-refractivity contribution in [3.8, 4) is 11.1 Å². The van der Waals surface area contributed by atoms with Crippen molar-refractivity contribution in [1.82, 2.24) is 19.6 Å². The number of nitrogens with two attached hydrogens (primary N) is 1. The normalized spacial score (nSPS) is 12.3. The molecule has 0 fully saturated rings. The van der Waals surface area contributed by atoms with E-state index in [1.165, 1.54) is 19.1 Å². The first kappa shape index (κ1) is 28.2. The number of nitrogens with one attached hydrogen (secondary N) is 1. The van der Waals surface area contributed by atoms with E-state index < -0.39 is 68.3 Å². The van der Waals surface area contributed by atoms with Crippen molar-refractivity contribution in [2.75, 3.05) is 5.32 Å². The van der Waals surface area contributed by atoms with Crippen LogP contribution >= 0.6 is 22.9 Å². The molecule has 8 nitrogen and oxygen atoms in total. The van der Waals surface area contributed by atoms with Crippen LogP contribution in [0.4, 0.5) is 36.4 Å². The number of halogens is 8. The lowest BCUT2D eigenvalue weighted by atomic mass is 10.0. The van der Waals surface area contributed by atoms with Crippen molar-refractivity contribution in [3.63, 3.8) is 0 Å². The molecule has 4 aromatic heterocycles. The molecule has 0 aliphatic rings. The summed E-state index contributed by atoms with van der Waals surface area (Å²) in [6, 6.07) is 5.64. The van der Waals surface area contributed by atoms with Crippen LogP contribution < -0.4 is 11.1 Å². The molecule has 5 aromatic rings. The Labute approximate surface area is 232 Å². The van der Waals surface area contributed by atoms with E-state index in [0.717, 1.165) is 12.1 Å². The Morgan fingerprint density at radius 1 is 1.02 bits per heavy atom. The average molecular weight is 617 g/mol. The van der Waals surface area contributed by atoms with Gasteiger partial charge in [-0.1, -0.05) is 23.7 Å². The fraction of sp³-hybridized carbons (Fsp3) is 0.125. The van der Waals surface area contributed by atoms with E-state index in [0.29, 0.717) is 28.0 Å². The number of aryl methyl sites for hydroxylation is 1. The largest absolute Gasteiger partial charge is 0.433 e. The maximum Gasteiger partial charge on any atom is 0.433 e. The van der Waals surface area contributed by atoms with Crippen LogP contribution in [0.25, 0.3) is 27.0 Å². The third-order valence-electron chi connectivity index (χ3n) is 5.74. The number of anilines is 1. The Balaban J connectivity index is 1.73. The number of carbonyl (C=O) groups is 2. The van der Waals surface area contributed by atoms with Gasteiger partial charge in [0, 0.05) is 11.1 Å². The van der Waals surface area contributed by atoms with E-state index in [1.54, 1.807) is 0 Å². The predicted octanol–water partition coefficient (Wildman–Crippen LogP) is 6.50. The topological polar surface area (TPSA) is 115 Å². The number of benzene rings is 1. The van der Waals surface area contributed by atoms with Crippen molar-refractivity contribution in [3.05, 3.63) is 74.9 Å². The minimum absolute atomic E-state index is 0.0638. The third-order valence-corrected chi connectivity index (χ3v) is 7.18. The van der Waals surface area contributed by atoms with E-state index in [1.807, 2.05) is 0 Å². The average Bonchev–Trinajstić information content (AvgIpc) is 3.40. The highest BCUT2D eigenvalue weighted by Gasteiger charge is 2.37. The lowest BCUT2D eigenvalue weighted by Gasteiger charge is -2.12. The molecule has 212 valence electrons. The molecule has 0 unspecified atom stereocenters. The Hall–Kier alpha value is -4.31. The van der Waals surface area contributed by atoms with Gasteiger partial charge < -0.3 is 11.1 Å². The van der Waals surface area contributed by atoms with Gasteiger partial charge in [0.1, 0.15) is 31.9 Å². The summed E-state index contributed by atoms with van der Waals surface area (Å²) in [4.78, 5) is 32.3. The molecule has 1 aromatic carbocycles. The molecule has 2 amide bonds. The first-order valence-corrected chi connectivity index (χ1v) is 12.3. The second-order valence-electron chi connectivity index (χ2n) is 8.54. The quantitative estimate of drug-likeness (QED) is 0.224. The number of carbonyl (C=O) groups excluding carboxylic acids is 2. The summed E-state index contributed by atoms with van der Waals surface area (Å²) in [7, 11) is 0. The highest BCUT2D eigenvalue weighted by Crippen LogP contribution is 2.44. The van der Waals surface area contributed by atoms with Gasteiger partial charge in [0.2, 0.25) is 0 Å². The second-order valence-corrected chi connectivity index (χ2v) is 9.92. The molecule has 0 aliphatic heterocycles. The lowest BCUT2D eigenvalue weighted by Crippen LogP contribution is -2.18. The highest BCUT2D eigenvalue weighted by molar-refractivity contribution is 7.21. The van der Waals surface area contributed by atoms with Crippen molar-refractivity contribution >= 4 is 56.3 Å². The van der Waals surface area contributed by atoms with Crippen molar-refractivity contribution in [2.24, 2.45) is 5.73 Å². The Kier molecular flexibility index (Phi) is 6.65. The fourth-order valence-electron chi connectivity index (χ4n) is 4.03. The summed E-state index contributed by atoms with van der Waals surface area (Å²) in [5.41, 5.74) is 1.01. The van der Waals surface area contributed by atoms with Gasteiger partial charge in [0.25, 0.3) is 11.8 Å². The number of alkyl halides is 6. The van der Waals surface area contributed by atoms with E-state index >= 15 is 0 Å². The molecule has 0 bridgehead atoms. The molecule has 0 radical (unpaired) electrons. The number of hydrogen-bond acceptors (Lipinski definition) is 6. The van der Waals surface area contributed by atoms with Crippen LogP contribution in [0.3, 0.4) is 0 Å². The zero-order valence-electron chi connectivity index (χ0n) is 20.1. The molecule has 0 aliphatic carbocycles. The number of aromatic nitrogens is 4. The number of amides is 2. The van der Waals surface area contributed by atoms with Crippen LogP contribution in [-0.2, 0) is 12.4 Å². The molecule has 3 N–H and O–H groups in total. The number of fused-ring (bicyclic) bond motifs is 2. The molecule has 0 saturated carbocycles. The van der Waals surface area contributed by atoms with E-state index in [4.69, 9.17) is 17.3 Å². The van der Waals surface area contributed by atoms with Gasteiger partial charge in [-0.05, 0) is 42.3 Å². The van der Waals surface area contributed by atoms with Crippen molar-refractivity contribution < 1.29 is 40.3 Å². The zero-order chi connectivity index (χ0) is 30.0. The van der Waals surface area contributed by atoms with E-state index in [9.17, 15) is 40.3 Å². The third kappa shape index (κ3) is 5.04. The maximum absolute atomic E-state index is 13.7. The maximum atomic E-state index is 13.7. The van der Waals surface area contributed by atoms with Crippen LogP contribution in [-0.4, -0.2) is 31.4 Å². The number of rotatable bonds is 4. The van der Waals surface area contributed by atoms with Gasteiger partial charge >= 0.3 is 12.4 Å². The Morgan fingerprint density at radius 2 is 1.68 bits per heavy atom. The molecule has 17 heteroatoms. The summed E-state index contributed by atoms with van der Waals surface area (Å²) in [6.45, 7) is 1.27. The second kappa shape index (κ2) is 9.66. The number of pyridine rings is 1. The standard InChI is InChI=1S/C24H12ClF7N6O2S/c1-8-6-13(24(30,31)32)38-20(34-8)15(25)17(37-38)21(40)36-16-14-11(9-2-4-10(26)5-3-9)7-12(23(27,28)29)35-22(14)41-18(16)19(33)39/h2-7H,1H3,(H2,33,39)(H,36,40). The van der Waals surface area contributed by atoms with Gasteiger partial charge in [-0.2, -0.15) is 31.4 Å². The SMILES string of the molecule is Cc1cc(C(F)(F)F)n2nc(C(=O)Nc3c(C(N)=O)sc4nc(C(F)(F)F)cc(-c5ccc(F)cc5)c34)c(Cl)c2n1. The number of nitrogens with zero attached hydrogens (tertiary/aromatic N) is 4. The summed E-state index contributed by atoms with van der Waals surface area (Å²) < 4.78 is 95.8. The Bertz CT molecular complexity index is 1880. The minimum atomic E-state index is -4.92. The van der Waals surface area contributed by atoms with Crippen LogP contribution in [0, 0.1) is 12.7 Å². The molecule has 0 spiro atoms. The molecule has 4 heterocycles. The monoisotopic (exact) mass is 616 g/mol. The van der Waals surface area contributed by atoms with Crippen LogP contribution in [0.5, 0.6) is 0 Å². The smallest absolute Gasteiger partial charge is 0.365 e. The van der Waals surface area contributed by atoms with Gasteiger partial charge in [-0.15, -0.1) is 11.3 Å². The number of primary amides is 1. The highest BCUT2D eigenvalue weighted by atomic mass is 35.5. The van der Waals surface area contributed by atoms with Gasteiger partial charge in [0.15, 0.2) is 11.3 Å². The van der Waals surface area contributed by atoms with E-state index in [-0.39, 0.29) is 27.0 Å². The summed E-state index contributed by atoms with van der Waals surface area (Å²) in [5, 5.41) is 5.23. The van der Waals surface area contributed by atoms with Gasteiger partial charge in [0.05, 0.1) is 5.69 Å². The lowest BCUT2D eigenvalue weighted by molar-refractivity contribution is -0.143. The summed E-state index contributed by atoms with van der Waals surface area (Å²) in [6.07, 6.45) is -9.82. The summed E-state index contributed by atoms with van der Waals surface area (Å²) >= 11 is 6.62. The van der Waals surface area contributed by atoms with Crippen molar-refractivity contribution in [1.29, 1.82) is 0 Å². The van der Waals surface area contributed by atoms with Crippen molar-refractivity contribution in [2.45, 2.75) is 19.3 Å². The predicted molar refractivity (Wildman–Crippen MR) is 134 cm³/mol. The first-order chi connectivity index (χ1) is 19.1. The zero-order valence-corrected chi connectivity index (χ0v) is 21.7. The fourth-order valence-corrected chi connectivity index (χ4v) is 5.28. The van der Waals surface area contributed by atoms with Gasteiger partial charge in [-0.25, -0.2) is 18.9 Å². The minimum Gasteiger partial charge on any atom is -0.365 e. The molecular weight excluding hydrogens is 605 g/mol. The molecule has 5 rings (SSSR count). The number of thiophene rings is 1. The van der Waals surface area contributed by atoms with Crippen LogP contribution in [0.2, 0.25) is 5.02 Å². The molecular formula is C24H12ClF7N6O2S. The molecule has 0 saturated heterocycles. The van der Waals surface area contributed by atoms with Crippen LogP contribution in [0.15, 0.2) is 36.4 Å². The van der Waals surface area contributed by atoms with E-state index in [2.05, 4.69) is 20.4 Å². The molecule has 41 heavy (non-hydrogen) atoms. The van der Waals surface area contributed by atoms with Crippen LogP contribution in [0.1, 0.15) is 37.2 Å².